The summed E-state index contributed by atoms with van der Waals surface area (Å²) in [5, 5.41) is 7.42. The predicted octanol–water partition coefficient (Wildman–Crippen LogP) is 1.98. The summed E-state index contributed by atoms with van der Waals surface area (Å²) in [7, 11) is 0. The van der Waals surface area contributed by atoms with Gasteiger partial charge in [-0.3, -0.25) is 9.58 Å². The summed E-state index contributed by atoms with van der Waals surface area (Å²) in [6.07, 6.45) is 4.91. The molecular weight excluding hydrogens is 272 g/mol. The van der Waals surface area contributed by atoms with E-state index in [1.807, 2.05) is 17.8 Å². The molecule has 108 valence electrons. The largest absolute Gasteiger partial charge is 0.368 e. The van der Waals surface area contributed by atoms with Gasteiger partial charge in [0.2, 0.25) is 0 Å². The molecule has 3 rings (SSSR count). The molecule has 0 N–H and O–H groups in total. The average molecular weight is 292 g/mol. The molecule has 2 aromatic rings. The quantitative estimate of drug-likeness (QED) is 0.845. The summed E-state index contributed by atoms with van der Waals surface area (Å²) < 4.78 is 7.89. The molecule has 0 aliphatic carbocycles. The molecule has 0 unspecified atom stereocenters. The van der Waals surface area contributed by atoms with Crippen LogP contribution in [0.1, 0.15) is 23.7 Å². The second-order valence-corrected chi connectivity index (χ2v) is 5.84. The summed E-state index contributed by atoms with van der Waals surface area (Å²) in [6, 6.07) is 2.11. The van der Waals surface area contributed by atoms with Crippen LogP contribution in [-0.2, 0) is 17.7 Å². The van der Waals surface area contributed by atoms with E-state index in [4.69, 9.17) is 4.74 Å². The zero-order valence-electron chi connectivity index (χ0n) is 11.7. The SMILES string of the molecule is CCn1nccc1CCN1CCO[C@@H](c2nccs2)C1. The van der Waals surface area contributed by atoms with Crippen LogP contribution in [0.2, 0.25) is 0 Å². The maximum Gasteiger partial charge on any atom is 0.123 e. The first-order chi connectivity index (χ1) is 9.86. The van der Waals surface area contributed by atoms with Crippen LogP contribution in [0.25, 0.3) is 0 Å². The molecule has 0 saturated carbocycles. The van der Waals surface area contributed by atoms with Gasteiger partial charge in [0.15, 0.2) is 0 Å². The van der Waals surface area contributed by atoms with E-state index in [1.165, 1.54) is 5.69 Å². The topological polar surface area (TPSA) is 43.2 Å². The summed E-state index contributed by atoms with van der Waals surface area (Å²) in [6.45, 7) is 6.85. The lowest BCUT2D eigenvalue weighted by atomic mass is 10.2. The fourth-order valence-electron chi connectivity index (χ4n) is 2.58. The molecule has 20 heavy (non-hydrogen) atoms. The van der Waals surface area contributed by atoms with E-state index in [9.17, 15) is 0 Å². The van der Waals surface area contributed by atoms with E-state index in [0.29, 0.717) is 0 Å². The molecule has 3 heterocycles. The number of morpholine rings is 1. The lowest BCUT2D eigenvalue weighted by molar-refractivity contribution is -0.0297. The average Bonchev–Trinajstić information content (AvgIpc) is 3.16. The molecule has 6 heteroatoms. The van der Waals surface area contributed by atoms with Crippen LogP contribution in [0, 0.1) is 0 Å². The highest BCUT2D eigenvalue weighted by molar-refractivity contribution is 7.09. The van der Waals surface area contributed by atoms with E-state index >= 15 is 0 Å². The van der Waals surface area contributed by atoms with E-state index in [2.05, 4.69) is 32.7 Å². The Labute approximate surface area is 123 Å². The normalized spacial score (nSPS) is 20.4. The number of rotatable bonds is 5. The van der Waals surface area contributed by atoms with Gasteiger partial charge in [-0.15, -0.1) is 11.3 Å². The standard InChI is InChI=1S/C14H20N4OS/c1-2-18-12(3-5-16-18)4-7-17-8-9-19-13(11-17)14-15-6-10-20-14/h3,5-6,10,13H,2,4,7-9,11H2,1H3/t13-/m1/s1. The van der Waals surface area contributed by atoms with Crippen LogP contribution >= 0.6 is 11.3 Å². The van der Waals surface area contributed by atoms with Gasteiger partial charge in [-0.2, -0.15) is 5.10 Å². The maximum absolute atomic E-state index is 5.82. The van der Waals surface area contributed by atoms with Gasteiger partial charge in [0.1, 0.15) is 11.1 Å². The van der Waals surface area contributed by atoms with Gasteiger partial charge in [-0.1, -0.05) is 0 Å². The lowest BCUT2D eigenvalue weighted by Crippen LogP contribution is -2.39. The monoisotopic (exact) mass is 292 g/mol. The van der Waals surface area contributed by atoms with Crippen molar-refractivity contribution in [3.8, 4) is 0 Å². The van der Waals surface area contributed by atoms with Gasteiger partial charge in [-0.05, 0) is 13.0 Å². The number of nitrogens with zero attached hydrogens (tertiary/aromatic N) is 4. The van der Waals surface area contributed by atoms with Crippen molar-refractivity contribution < 1.29 is 4.74 Å². The Hall–Kier alpha value is -1.24. The van der Waals surface area contributed by atoms with E-state index in [-0.39, 0.29) is 6.10 Å². The molecule has 0 amide bonds. The molecule has 1 fully saturated rings. The molecular formula is C14H20N4OS. The van der Waals surface area contributed by atoms with Crippen molar-refractivity contribution in [3.05, 3.63) is 34.5 Å². The van der Waals surface area contributed by atoms with Crippen molar-refractivity contribution in [2.24, 2.45) is 0 Å². The second-order valence-electron chi connectivity index (χ2n) is 4.92. The number of thiazole rings is 1. The molecule has 2 aromatic heterocycles. The van der Waals surface area contributed by atoms with Crippen molar-refractivity contribution in [2.45, 2.75) is 26.0 Å². The first-order valence-electron chi connectivity index (χ1n) is 7.11. The summed E-state index contributed by atoms with van der Waals surface area (Å²) in [5.41, 5.74) is 1.31. The Morgan fingerprint density at radius 3 is 3.20 bits per heavy atom. The first-order valence-corrected chi connectivity index (χ1v) is 7.99. The van der Waals surface area contributed by atoms with Crippen LogP contribution < -0.4 is 0 Å². The summed E-state index contributed by atoms with van der Waals surface area (Å²) in [5.74, 6) is 0. The second kappa shape index (κ2) is 6.47. The van der Waals surface area contributed by atoms with E-state index in [1.54, 1.807) is 11.3 Å². The Balaban J connectivity index is 1.55. The molecule has 1 atom stereocenters. The van der Waals surface area contributed by atoms with Gasteiger partial charge < -0.3 is 4.74 Å². The number of aryl methyl sites for hydroxylation is 1. The summed E-state index contributed by atoms with van der Waals surface area (Å²) >= 11 is 1.68. The minimum Gasteiger partial charge on any atom is -0.368 e. The van der Waals surface area contributed by atoms with Crippen LogP contribution in [0.5, 0.6) is 0 Å². The summed E-state index contributed by atoms with van der Waals surface area (Å²) in [4.78, 5) is 6.83. The Bertz CT molecular complexity index is 525. The molecule has 0 radical (unpaired) electrons. The first kappa shape index (κ1) is 13.7. The molecule has 1 aliphatic heterocycles. The van der Waals surface area contributed by atoms with Gasteiger partial charge in [0, 0.05) is 56.1 Å². The zero-order chi connectivity index (χ0) is 13.8. The minimum atomic E-state index is 0.139. The van der Waals surface area contributed by atoms with Crippen molar-refractivity contribution in [3.63, 3.8) is 0 Å². The third-order valence-corrected chi connectivity index (χ3v) is 4.53. The van der Waals surface area contributed by atoms with Crippen LogP contribution in [-0.4, -0.2) is 45.9 Å². The van der Waals surface area contributed by atoms with Gasteiger partial charge in [0.25, 0.3) is 0 Å². The Morgan fingerprint density at radius 1 is 1.45 bits per heavy atom. The van der Waals surface area contributed by atoms with E-state index in [0.717, 1.165) is 44.2 Å². The highest BCUT2D eigenvalue weighted by atomic mass is 32.1. The highest BCUT2D eigenvalue weighted by Crippen LogP contribution is 2.23. The molecule has 0 bridgehead atoms. The van der Waals surface area contributed by atoms with Crippen molar-refractivity contribution in [2.75, 3.05) is 26.2 Å². The van der Waals surface area contributed by atoms with Gasteiger partial charge in [-0.25, -0.2) is 4.98 Å². The van der Waals surface area contributed by atoms with Crippen molar-refractivity contribution in [1.82, 2.24) is 19.7 Å². The van der Waals surface area contributed by atoms with Crippen LogP contribution in [0.15, 0.2) is 23.8 Å². The molecule has 1 saturated heterocycles. The number of hydrogen-bond acceptors (Lipinski definition) is 5. The molecule has 0 spiro atoms. The van der Waals surface area contributed by atoms with Gasteiger partial charge in [0.05, 0.1) is 6.61 Å². The van der Waals surface area contributed by atoms with Crippen LogP contribution in [0.4, 0.5) is 0 Å². The highest BCUT2D eigenvalue weighted by Gasteiger charge is 2.23. The smallest absolute Gasteiger partial charge is 0.123 e. The fourth-order valence-corrected chi connectivity index (χ4v) is 3.26. The molecule has 0 aromatic carbocycles. The van der Waals surface area contributed by atoms with Gasteiger partial charge >= 0.3 is 0 Å². The predicted molar refractivity (Wildman–Crippen MR) is 78.9 cm³/mol. The number of ether oxygens (including phenoxy) is 1. The molecule has 5 nitrogen and oxygen atoms in total. The third kappa shape index (κ3) is 3.08. The van der Waals surface area contributed by atoms with Crippen LogP contribution in [0.3, 0.4) is 0 Å². The minimum absolute atomic E-state index is 0.139. The number of aromatic nitrogens is 3. The lowest BCUT2D eigenvalue weighted by Gasteiger charge is -2.31. The zero-order valence-corrected chi connectivity index (χ0v) is 12.6. The number of hydrogen-bond donors (Lipinski definition) is 0. The Kier molecular flexibility index (Phi) is 4.44. The molecule has 1 aliphatic rings. The fraction of sp³-hybridized carbons (Fsp3) is 0.571. The van der Waals surface area contributed by atoms with E-state index < -0.39 is 0 Å². The van der Waals surface area contributed by atoms with Crippen molar-refractivity contribution in [1.29, 1.82) is 0 Å². The third-order valence-electron chi connectivity index (χ3n) is 3.67. The van der Waals surface area contributed by atoms with Crippen molar-refractivity contribution >= 4 is 11.3 Å². The Morgan fingerprint density at radius 2 is 2.40 bits per heavy atom. The maximum atomic E-state index is 5.82.